The number of nitrogens with zero attached hydrogens (tertiary/aromatic N) is 2. The first-order chi connectivity index (χ1) is 8.25. The average Bonchev–Trinajstić information content (AvgIpc) is 2.74. The quantitative estimate of drug-likeness (QED) is 0.738. The van der Waals surface area contributed by atoms with Gasteiger partial charge in [-0.05, 0) is 25.0 Å². The number of rotatable bonds is 1. The van der Waals surface area contributed by atoms with E-state index in [2.05, 4.69) is 45.7 Å². The molecule has 1 aliphatic carbocycles. The van der Waals surface area contributed by atoms with Crippen molar-refractivity contribution in [1.82, 2.24) is 9.78 Å². The Morgan fingerprint density at radius 2 is 2.00 bits per heavy atom. The molecule has 0 N–H and O–H groups in total. The van der Waals surface area contributed by atoms with Gasteiger partial charge < -0.3 is 0 Å². The summed E-state index contributed by atoms with van der Waals surface area (Å²) in [4.78, 5) is 0. The van der Waals surface area contributed by atoms with Crippen molar-refractivity contribution in [3.05, 3.63) is 22.8 Å². The molecule has 0 atom stereocenters. The minimum absolute atomic E-state index is 0.613. The van der Waals surface area contributed by atoms with Gasteiger partial charge in [0.05, 0.1) is 17.8 Å². The lowest BCUT2D eigenvalue weighted by atomic mass is 9.94. The van der Waals surface area contributed by atoms with Crippen LogP contribution < -0.4 is 5.46 Å². The molecule has 0 aliphatic heterocycles. The Morgan fingerprint density at radius 3 is 2.76 bits per heavy atom. The molecule has 0 amide bonds. The van der Waals surface area contributed by atoms with Gasteiger partial charge in [0.25, 0.3) is 0 Å². The molecule has 2 aromatic rings. The van der Waals surface area contributed by atoms with Gasteiger partial charge in [-0.1, -0.05) is 40.7 Å². The minimum atomic E-state index is 0.613. The number of hydrogen-bond acceptors (Lipinski definition) is 1. The fourth-order valence-electron chi connectivity index (χ4n) is 2.79. The van der Waals surface area contributed by atoms with E-state index in [0.717, 1.165) is 0 Å². The van der Waals surface area contributed by atoms with Crippen LogP contribution >= 0.6 is 15.9 Å². The lowest BCUT2D eigenvalue weighted by Crippen LogP contribution is -2.15. The lowest BCUT2D eigenvalue weighted by molar-refractivity contribution is 0.337. The zero-order valence-electron chi connectivity index (χ0n) is 10.1. The van der Waals surface area contributed by atoms with E-state index in [0.29, 0.717) is 6.04 Å². The molecule has 1 heterocycles. The molecule has 0 spiro atoms. The van der Waals surface area contributed by atoms with E-state index in [1.807, 2.05) is 6.20 Å². The van der Waals surface area contributed by atoms with Crippen LogP contribution in [-0.2, 0) is 0 Å². The summed E-state index contributed by atoms with van der Waals surface area (Å²) in [6.45, 7) is 0. The molecule has 4 heteroatoms. The van der Waals surface area contributed by atoms with Crippen molar-refractivity contribution in [2.75, 3.05) is 0 Å². The molecule has 17 heavy (non-hydrogen) atoms. The van der Waals surface area contributed by atoms with Crippen LogP contribution in [-0.4, -0.2) is 17.6 Å². The predicted molar refractivity (Wildman–Crippen MR) is 77.7 cm³/mol. The molecular weight excluding hydrogens is 275 g/mol. The van der Waals surface area contributed by atoms with Crippen molar-refractivity contribution < 1.29 is 0 Å². The zero-order chi connectivity index (χ0) is 11.8. The van der Waals surface area contributed by atoms with Crippen LogP contribution in [0.3, 0.4) is 0 Å². The van der Waals surface area contributed by atoms with Gasteiger partial charge in [-0.2, -0.15) is 5.10 Å². The topological polar surface area (TPSA) is 17.8 Å². The van der Waals surface area contributed by atoms with Gasteiger partial charge in [0.1, 0.15) is 7.85 Å². The smallest absolute Gasteiger partial charge is 0.140 e. The number of aromatic nitrogens is 2. The van der Waals surface area contributed by atoms with Crippen molar-refractivity contribution >= 4 is 40.1 Å². The van der Waals surface area contributed by atoms with Crippen molar-refractivity contribution in [2.24, 2.45) is 0 Å². The number of hydrogen-bond donors (Lipinski definition) is 0. The first kappa shape index (κ1) is 11.3. The minimum Gasteiger partial charge on any atom is -0.262 e. The third kappa shape index (κ3) is 2.03. The van der Waals surface area contributed by atoms with Crippen LogP contribution in [0.2, 0.25) is 0 Å². The van der Waals surface area contributed by atoms with Gasteiger partial charge in [-0.3, -0.25) is 4.68 Å². The SMILES string of the molecule is Bc1cc2c(cnn2C2CCCCC2)cc1Br. The maximum Gasteiger partial charge on any atom is 0.140 e. The van der Waals surface area contributed by atoms with E-state index >= 15 is 0 Å². The maximum atomic E-state index is 4.60. The molecule has 0 radical (unpaired) electrons. The number of halogens is 1. The molecule has 0 unspecified atom stereocenters. The monoisotopic (exact) mass is 290 g/mol. The summed E-state index contributed by atoms with van der Waals surface area (Å²) < 4.78 is 3.42. The average molecular weight is 291 g/mol. The van der Waals surface area contributed by atoms with E-state index in [9.17, 15) is 0 Å². The second-order valence-corrected chi connectivity index (χ2v) is 5.90. The molecule has 1 aromatic carbocycles. The van der Waals surface area contributed by atoms with Crippen LogP contribution in [0.4, 0.5) is 0 Å². The standard InChI is InChI=1S/C13H16BBrN2/c14-11-7-13-9(6-12(11)15)8-16-17(13)10-4-2-1-3-5-10/h6-8,10H,1-5,14H2. The largest absolute Gasteiger partial charge is 0.262 e. The summed E-state index contributed by atoms with van der Waals surface area (Å²) >= 11 is 3.58. The summed E-state index contributed by atoms with van der Waals surface area (Å²) in [5.41, 5.74) is 2.58. The van der Waals surface area contributed by atoms with Gasteiger partial charge >= 0.3 is 0 Å². The second-order valence-electron chi connectivity index (χ2n) is 5.04. The first-order valence-corrected chi connectivity index (χ1v) is 7.18. The molecule has 0 bridgehead atoms. The molecule has 88 valence electrons. The molecule has 0 saturated heterocycles. The van der Waals surface area contributed by atoms with Crippen molar-refractivity contribution in [3.63, 3.8) is 0 Å². The molecule has 1 aliphatic rings. The van der Waals surface area contributed by atoms with Crippen LogP contribution in [0, 0.1) is 0 Å². The lowest BCUT2D eigenvalue weighted by Gasteiger charge is -2.22. The van der Waals surface area contributed by atoms with E-state index in [1.165, 1.54) is 52.9 Å². The predicted octanol–water partition coefficient (Wildman–Crippen LogP) is 2.56. The molecule has 1 fully saturated rings. The van der Waals surface area contributed by atoms with Crippen molar-refractivity contribution in [1.29, 1.82) is 0 Å². The van der Waals surface area contributed by atoms with Gasteiger partial charge in [0, 0.05) is 9.86 Å². The highest BCUT2D eigenvalue weighted by atomic mass is 79.9. The van der Waals surface area contributed by atoms with Gasteiger partial charge in [0.15, 0.2) is 0 Å². The summed E-state index contributed by atoms with van der Waals surface area (Å²) in [7, 11) is 2.14. The third-order valence-electron chi connectivity index (χ3n) is 3.80. The van der Waals surface area contributed by atoms with E-state index in [1.54, 1.807) is 0 Å². The van der Waals surface area contributed by atoms with E-state index in [-0.39, 0.29) is 0 Å². The van der Waals surface area contributed by atoms with Gasteiger partial charge in [0.2, 0.25) is 0 Å². The fraction of sp³-hybridized carbons (Fsp3) is 0.462. The maximum absolute atomic E-state index is 4.60. The molecule has 1 saturated carbocycles. The Kier molecular flexibility index (Phi) is 2.99. The molecule has 2 nitrogen and oxygen atoms in total. The Hall–Kier alpha value is -0.765. The number of benzene rings is 1. The van der Waals surface area contributed by atoms with E-state index in [4.69, 9.17) is 0 Å². The Balaban J connectivity index is 2.07. The zero-order valence-corrected chi connectivity index (χ0v) is 11.7. The van der Waals surface area contributed by atoms with Crippen LogP contribution in [0.5, 0.6) is 0 Å². The Morgan fingerprint density at radius 1 is 1.24 bits per heavy atom. The third-order valence-corrected chi connectivity index (χ3v) is 4.65. The van der Waals surface area contributed by atoms with Crippen LogP contribution in [0.15, 0.2) is 22.8 Å². The fourth-order valence-corrected chi connectivity index (χ4v) is 3.15. The van der Waals surface area contributed by atoms with Gasteiger partial charge in [-0.15, -0.1) is 0 Å². The normalized spacial score (nSPS) is 17.7. The summed E-state index contributed by atoms with van der Waals surface area (Å²) in [5, 5.41) is 5.84. The molecule has 1 aromatic heterocycles. The molecular formula is C13H16BBrN2. The van der Waals surface area contributed by atoms with E-state index < -0.39 is 0 Å². The molecule has 3 rings (SSSR count). The van der Waals surface area contributed by atoms with Crippen LogP contribution in [0.1, 0.15) is 38.1 Å². The summed E-state index contributed by atoms with van der Waals surface area (Å²) in [6.07, 6.45) is 8.65. The van der Waals surface area contributed by atoms with Gasteiger partial charge in [-0.25, -0.2) is 0 Å². The number of fused-ring (bicyclic) bond motifs is 1. The first-order valence-electron chi connectivity index (χ1n) is 6.39. The Labute approximate surface area is 111 Å². The Bertz CT molecular complexity index is 544. The summed E-state index contributed by atoms with van der Waals surface area (Å²) in [5.74, 6) is 0. The van der Waals surface area contributed by atoms with Crippen molar-refractivity contribution in [3.8, 4) is 0 Å². The van der Waals surface area contributed by atoms with Crippen molar-refractivity contribution in [2.45, 2.75) is 38.1 Å². The summed E-state index contributed by atoms with van der Waals surface area (Å²) in [6, 6.07) is 5.04. The highest BCUT2D eigenvalue weighted by Gasteiger charge is 2.18. The second kappa shape index (κ2) is 4.49. The van der Waals surface area contributed by atoms with Crippen LogP contribution in [0.25, 0.3) is 10.9 Å². The highest BCUT2D eigenvalue weighted by Crippen LogP contribution is 2.30. The highest BCUT2D eigenvalue weighted by molar-refractivity contribution is 9.10.